The molecule has 3 aliphatic rings. The van der Waals surface area contributed by atoms with E-state index in [1.54, 1.807) is 0 Å². The fourth-order valence-corrected chi connectivity index (χ4v) is 4.06. The third-order valence-corrected chi connectivity index (χ3v) is 5.12. The highest BCUT2D eigenvalue weighted by Crippen LogP contribution is 2.31. The summed E-state index contributed by atoms with van der Waals surface area (Å²) in [7, 11) is 0. The maximum absolute atomic E-state index is 5.47. The highest BCUT2D eigenvalue weighted by Gasteiger charge is 2.36. The van der Waals surface area contributed by atoms with Crippen LogP contribution in [-0.2, 0) is 4.74 Å². The topological polar surface area (TPSA) is 24.5 Å². The predicted molar refractivity (Wildman–Crippen MR) is 73.8 cm³/mol. The number of rotatable bonds is 2. The smallest absolute Gasteiger partial charge is 0.0469 e. The lowest BCUT2D eigenvalue weighted by molar-refractivity contribution is 0.0349. The average Bonchev–Trinajstić information content (AvgIpc) is 2.41. The Kier molecular flexibility index (Phi) is 4.22. The van der Waals surface area contributed by atoms with Crippen LogP contribution in [0, 0.1) is 5.92 Å². The third-order valence-electron chi connectivity index (χ3n) is 5.12. The Morgan fingerprint density at radius 3 is 2.67 bits per heavy atom. The van der Waals surface area contributed by atoms with Crippen LogP contribution < -0.4 is 5.32 Å². The van der Waals surface area contributed by atoms with E-state index in [1.807, 2.05) is 0 Å². The Bertz CT molecular complexity index is 252. The van der Waals surface area contributed by atoms with Crippen molar-refractivity contribution in [2.75, 3.05) is 39.4 Å². The zero-order valence-electron chi connectivity index (χ0n) is 11.6. The first-order chi connectivity index (χ1) is 8.86. The van der Waals surface area contributed by atoms with E-state index in [4.69, 9.17) is 4.74 Å². The zero-order chi connectivity index (χ0) is 12.3. The molecule has 1 saturated carbocycles. The number of ether oxygens (including phenoxy) is 1. The van der Waals surface area contributed by atoms with Gasteiger partial charge in [0.2, 0.25) is 0 Å². The van der Waals surface area contributed by atoms with Crippen LogP contribution in [0.4, 0.5) is 0 Å². The lowest BCUT2D eigenvalue weighted by Gasteiger charge is -2.47. The minimum Gasteiger partial charge on any atom is -0.381 e. The zero-order valence-corrected chi connectivity index (χ0v) is 11.6. The van der Waals surface area contributed by atoms with Gasteiger partial charge < -0.3 is 10.1 Å². The summed E-state index contributed by atoms with van der Waals surface area (Å²) in [5.41, 5.74) is 0.474. The Morgan fingerprint density at radius 2 is 1.89 bits per heavy atom. The minimum absolute atomic E-state index is 0.474. The molecule has 0 amide bonds. The van der Waals surface area contributed by atoms with E-state index < -0.39 is 0 Å². The van der Waals surface area contributed by atoms with Crippen molar-refractivity contribution in [2.45, 2.75) is 50.5 Å². The van der Waals surface area contributed by atoms with E-state index in [0.29, 0.717) is 5.54 Å². The average molecular weight is 252 g/mol. The predicted octanol–water partition coefficient (Wildman–Crippen LogP) is 2.02. The van der Waals surface area contributed by atoms with Crippen molar-refractivity contribution in [3.05, 3.63) is 0 Å². The molecule has 3 fully saturated rings. The van der Waals surface area contributed by atoms with E-state index in [9.17, 15) is 0 Å². The fraction of sp³-hybridized carbons (Fsp3) is 1.00. The summed E-state index contributed by atoms with van der Waals surface area (Å²) in [5.74, 6) is 0.887. The van der Waals surface area contributed by atoms with Crippen molar-refractivity contribution in [3.8, 4) is 0 Å². The molecule has 0 radical (unpaired) electrons. The van der Waals surface area contributed by atoms with Crippen LogP contribution in [0.2, 0.25) is 0 Å². The molecule has 2 aliphatic heterocycles. The number of piperazine rings is 1. The summed E-state index contributed by atoms with van der Waals surface area (Å²) in [4.78, 5) is 2.73. The van der Waals surface area contributed by atoms with Gasteiger partial charge in [-0.25, -0.2) is 0 Å². The van der Waals surface area contributed by atoms with Gasteiger partial charge in [0.25, 0.3) is 0 Å². The highest BCUT2D eigenvalue weighted by molar-refractivity contribution is 4.96. The molecule has 3 rings (SSSR count). The summed E-state index contributed by atoms with van der Waals surface area (Å²) in [6, 6.07) is 0. The summed E-state index contributed by atoms with van der Waals surface area (Å²) < 4.78 is 5.47. The SMILES string of the molecule is C1CCC2(CC1)CN(CC1CCOCC1)CCN2. The lowest BCUT2D eigenvalue weighted by atomic mass is 9.80. The van der Waals surface area contributed by atoms with Crippen molar-refractivity contribution < 1.29 is 4.74 Å². The van der Waals surface area contributed by atoms with Gasteiger partial charge >= 0.3 is 0 Å². The molecule has 18 heavy (non-hydrogen) atoms. The van der Waals surface area contributed by atoms with Crippen molar-refractivity contribution in [1.29, 1.82) is 0 Å². The van der Waals surface area contributed by atoms with Gasteiger partial charge in [0, 0.05) is 44.9 Å². The first kappa shape index (κ1) is 12.9. The molecule has 1 spiro atoms. The lowest BCUT2D eigenvalue weighted by Crippen LogP contribution is -2.61. The van der Waals surface area contributed by atoms with Gasteiger partial charge in [0.1, 0.15) is 0 Å². The summed E-state index contributed by atoms with van der Waals surface area (Å²) in [5, 5.41) is 3.84. The Hall–Kier alpha value is -0.120. The fourth-order valence-electron chi connectivity index (χ4n) is 4.06. The molecule has 2 saturated heterocycles. The molecule has 1 N–H and O–H groups in total. The van der Waals surface area contributed by atoms with Crippen molar-refractivity contribution in [3.63, 3.8) is 0 Å². The van der Waals surface area contributed by atoms with Crippen LogP contribution in [0.3, 0.4) is 0 Å². The standard InChI is InChI=1S/C15H28N2O/c1-2-6-15(7-3-1)13-17(9-8-16-15)12-14-4-10-18-11-5-14/h14,16H,1-13H2. The van der Waals surface area contributed by atoms with Crippen LogP contribution in [0.25, 0.3) is 0 Å². The molecular formula is C15H28N2O. The molecule has 0 unspecified atom stereocenters. The van der Waals surface area contributed by atoms with E-state index in [-0.39, 0.29) is 0 Å². The van der Waals surface area contributed by atoms with Crippen molar-refractivity contribution >= 4 is 0 Å². The Labute approximate surface area is 111 Å². The normalized spacial score (nSPS) is 30.7. The quantitative estimate of drug-likeness (QED) is 0.814. The number of nitrogens with zero attached hydrogens (tertiary/aromatic N) is 1. The van der Waals surface area contributed by atoms with Crippen molar-refractivity contribution in [1.82, 2.24) is 10.2 Å². The molecule has 104 valence electrons. The monoisotopic (exact) mass is 252 g/mol. The second kappa shape index (κ2) is 5.89. The van der Waals surface area contributed by atoms with Crippen LogP contribution in [0.1, 0.15) is 44.9 Å². The second-order valence-corrected chi connectivity index (χ2v) is 6.56. The molecule has 0 aromatic carbocycles. The van der Waals surface area contributed by atoms with E-state index in [1.165, 1.54) is 71.1 Å². The number of nitrogens with one attached hydrogen (secondary N) is 1. The van der Waals surface area contributed by atoms with Crippen LogP contribution >= 0.6 is 0 Å². The molecule has 2 heterocycles. The van der Waals surface area contributed by atoms with Crippen molar-refractivity contribution in [2.24, 2.45) is 5.92 Å². The molecule has 3 nitrogen and oxygen atoms in total. The third kappa shape index (κ3) is 3.06. The summed E-state index contributed by atoms with van der Waals surface area (Å²) in [6.45, 7) is 7.03. The maximum Gasteiger partial charge on any atom is 0.0469 e. The van der Waals surface area contributed by atoms with Gasteiger partial charge in [0.15, 0.2) is 0 Å². The molecule has 0 bridgehead atoms. The number of hydrogen-bond acceptors (Lipinski definition) is 3. The molecule has 0 aromatic rings. The molecular weight excluding hydrogens is 224 g/mol. The van der Waals surface area contributed by atoms with Crippen LogP contribution in [-0.4, -0.2) is 49.8 Å². The van der Waals surface area contributed by atoms with Gasteiger partial charge in [-0.15, -0.1) is 0 Å². The van der Waals surface area contributed by atoms with Gasteiger partial charge in [-0.05, 0) is 31.6 Å². The molecule has 0 aromatic heterocycles. The first-order valence-electron chi connectivity index (χ1n) is 7.91. The van der Waals surface area contributed by atoms with Gasteiger partial charge in [-0.2, -0.15) is 0 Å². The molecule has 0 atom stereocenters. The van der Waals surface area contributed by atoms with E-state index in [2.05, 4.69) is 10.2 Å². The highest BCUT2D eigenvalue weighted by atomic mass is 16.5. The minimum atomic E-state index is 0.474. The van der Waals surface area contributed by atoms with E-state index in [0.717, 1.165) is 19.1 Å². The Balaban J connectivity index is 1.52. The van der Waals surface area contributed by atoms with Crippen LogP contribution in [0.15, 0.2) is 0 Å². The van der Waals surface area contributed by atoms with E-state index >= 15 is 0 Å². The molecule has 1 aliphatic carbocycles. The summed E-state index contributed by atoms with van der Waals surface area (Å²) in [6.07, 6.45) is 9.65. The first-order valence-corrected chi connectivity index (χ1v) is 7.91. The van der Waals surface area contributed by atoms with Gasteiger partial charge in [0.05, 0.1) is 0 Å². The maximum atomic E-state index is 5.47. The second-order valence-electron chi connectivity index (χ2n) is 6.56. The van der Waals surface area contributed by atoms with Gasteiger partial charge in [-0.3, -0.25) is 4.90 Å². The summed E-state index contributed by atoms with van der Waals surface area (Å²) >= 11 is 0. The van der Waals surface area contributed by atoms with Gasteiger partial charge in [-0.1, -0.05) is 19.3 Å². The molecule has 3 heteroatoms. The Morgan fingerprint density at radius 1 is 1.11 bits per heavy atom. The van der Waals surface area contributed by atoms with Crippen LogP contribution in [0.5, 0.6) is 0 Å². The largest absolute Gasteiger partial charge is 0.381 e. The number of hydrogen-bond donors (Lipinski definition) is 1.